The number of amides is 1. The third kappa shape index (κ3) is 4.58. The summed E-state index contributed by atoms with van der Waals surface area (Å²) in [6, 6.07) is 12.5. The molecule has 136 valence electrons. The van der Waals surface area contributed by atoms with E-state index in [-0.39, 0.29) is 18.9 Å². The van der Waals surface area contributed by atoms with E-state index in [0.29, 0.717) is 31.2 Å². The van der Waals surface area contributed by atoms with Gasteiger partial charge in [-0.25, -0.2) is 4.98 Å². The fourth-order valence-corrected chi connectivity index (χ4v) is 2.78. The van der Waals surface area contributed by atoms with Gasteiger partial charge in [0.25, 0.3) is 5.91 Å². The lowest BCUT2D eigenvalue weighted by molar-refractivity contribution is -0.139. The lowest BCUT2D eigenvalue weighted by atomic mass is 10.1. The van der Waals surface area contributed by atoms with Gasteiger partial charge in [-0.2, -0.15) is 0 Å². The normalized spacial score (nSPS) is 16.9. The molecule has 2 heterocycles. The first-order valence-electron chi connectivity index (χ1n) is 8.37. The van der Waals surface area contributed by atoms with Crippen LogP contribution in [0.5, 0.6) is 5.88 Å². The minimum Gasteiger partial charge on any atom is -0.481 e. The molecule has 1 fully saturated rings. The molecule has 0 spiro atoms. The molecule has 1 saturated heterocycles. The number of carboxylic acids is 1. The highest BCUT2D eigenvalue weighted by molar-refractivity contribution is 5.94. The molecule has 1 aromatic carbocycles. The molecule has 1 amide bonds. The standard InChI is InChI=1S/C19H20N2O5/c22-18(23)10-16-13-25-9-8-21(16)19(24)15-6-7-17(20-11-15)26-12-14-4-2-1-3-5-14/h1-7,11,16H,8-10,12-13H2,(H,22,23)/t16-/m0/s1. The number of morpholine rings is 1. The zero-order valence-corrected chi connectivity index (χ0v) is 14.2. The van der Waals surface area contributed by atoms with Crippen molar-refractivity contribution in [2.45, 2.75) is 19.1 Å². The Balaban J connectivity index is 1.63. The molecule has 7 heteroatoms. The number of rotatable bonds is 6. The van der Waals surface area contributed by atoms with Gasteiger partial charge in [0.1, 0.15) is 6.61 Å². The first-order chi connectivity index (χ1) is 12.6. The van der Waals surface area contributed by atoms with Crippen molar-refractivity contribution in [2.24, 2.45) is 0 Å². The third-order valence-corrected chi connectivity index (χ3v) is 4.11. The van der Waals surface area contributed by atoms with Crippen LogP contribution in [0.3, 0.4) is 0 Å². The van der Waals surface area contributed by atoms with Crippen molar-refractivity contribution in [3.05, 3.63) is 59.8 Å². The van der Waals surface area contributed by atoms with E-state index in [0.717, 1.165) is 5.56 Å². The van der Waals surface area contributed by atoms with Crippen LogP contribution in [0.2, 0.25) is 0 Å². The van der Waals surface area contributed by atoms with Crippen LogP contribution in [-0.2, 0) is 16.1 Å². The van der Waals surface area contributed by atoms with Crippen LogP contribution in [0.15, 0.2) is 48.7 Å². The summed E-state index contributed by atoms with van der Waals surface area (Å²) < 4.78 is 10.9. The molecule has 1 aliphatic rings. The number of carbonyl (C=O) groups excluding carboxylic acids is 1. The number of hydrogen-bond donors (Lipinski definition) is 1. The smallest absolute Gasteiger partial charge is 0.305 e. The summed E-state index contributed by atoms with van der Waals surface area (Å²) >= 11 is 0. The Bertz CT molecular complexity index is 748. The molecule has 7 nitrogen and oxygen atoms in total. The van der Waals surface area contributed by atoms with Gasteiger partial charge in [-0.05, 0) is 11.6 Å². The monoisotopic (exact) mass is 356 g/mol. The average Bonchev–Trinajstić information content (AvgIpc) is 2.67. The first kappa shape index (κ1) is 17.9. The first-order valence-corrected chi connectivity index (χ1v) is 8.37. The number of hydrogen-bond acceptors (Lipinski definition) is 5. The average molecular weight is 356 g/mol. The largest absolute Gasteiger partial charge is 0.481 e. The van der Waals surface area contributed by atoms with E-state index in [2.05, 4.69) is 4.98 Å². The van der Waals surface area contributed by atoms with E-state index in [1.54, 1.807) is 17.0 Å². The molecule has 1 atom stereocenters. The van der Waals surface area contributed by atoms with Crippen molar-refractivity contribution in [3.8, 4) is 5.88 Å². The predicted octanol–water partition coefficient (Wildman–Crippen LogP) is 1.98. The maximum atomic E-state index is 12.7. The molecule has 26 heavy (non-hydrogen) atoms. The van der Waals surface area contributed by atoms with Gasteiger partial charge >= 0.3 is 5.97 Å². The van der Waals surface area contributed by atoms with Crippen molar-refractivity contribution in [3.63, 3.8) is 0 Å². The lowest BCUT2D eigenvalue weighted by Gasteiger charge is -2.34. The number of carbonyl (C=O) groups is 2. The second kappa shape index (κ2) is 8.44. The zero-order valence-electron chi connectivity index (χ0n) is 14.2. The van der Waals surface area contributed by atoms with Crippen molar-refractivity contribution in [1.29, 1.82) is 0 Å². The molecular formula is C19H20N2O5. The Hall–Kier alpha value is -2.93. The number of nitrogens with zero attached hydrogens (tertiary/aromatic N) is 2. The maximum Gasteiger partial charge on any atom is 0.305 e. The quantitative estimate of drug-likeness (QED) is 0.851. The van der Waals surface area contributed by atoms with Crippen LogP contribution in [0.4, 0.5) is 0 Å². The van der Waals surface area contributed by atoms with Crippen LogP contribution in [0, 0.1) is 0 Å². The van der Waals surface area contributed by atoms with E-state index >= 15 is 0 Å². The lowest BCUT2D eigenvalue weighted by Crippen LogP contribution is -2.49. The Morgan fingerprint density at radius 3 is 2.73 bits per heavy atom. The van der Waals surface area contributed by atoms with Crippen molar-refractivity contribution in [1.82, 2.24) is 9.88 Å². The number of pyridine rings is 1. The van der Waals surface area contributed by atoms with E-state index in [4.69, 9.17) is 14.6 Å². The summed E-state index contributed by atoms with van der Waals surface area (Å²) in [7, 11) is 0. The molecule has 0 aliphatic carbocycles. The Morgan fingerprint density at radius 1 is 1.23 bits per heavy atom. The summed E-state index contributed by atoms with van der Waals surface area (Å²) in [5.41, 5.74) is 1.42. The Kier molecular flexibility index (Phi) is 5.80. The molecule has 0 bridgehead atoms. The van der Waals surface area contributed by atoms with E-state index in [1.807, 2.05) is 30.3 Å². The van der Waals surface area contributed by atoms with Crippen LogP contribution >= 0.6 is 0 Å². The van der Waals surface area contributed by atoms with Crippen molar-refractivity contribution in [2.75, 3.05) is 19.8 Å². The number of carboxylic acid groups (broad SMARTS) is 1. The molecule has 1 aliphatic heterocycles. The summed E-state index contributed by atoms with van der Waals surface area (Å²) in [6.45, 7) is 1.38. The van der Waals surface area contributed by atoms with Crippen molar-refractivity contribution >= 4 is 11.9 Å². The highest BCUT2D eigenvalue weighted by Crippen LogP contribution is 2.17. The molecular weight excluding hydrogens is 336 g/mol. The van der Waals surface area contributed by atoms with Gasteiger partial charge in [-0.1, -0.05) is 30.3 Å². The number of benzene rings is 1. The van der Waals surface area contributed by atoms with Crippen LogP contribution in [0.1, 0.15) is 22.3 Å². The number of aliphatic carboxylic acids is 1. The molecule has 1 N–H and O–H groups in total. The summed E-state index contributed by atoms with van der Waals surface area (Å²) in [6.07, 6.45) is 1.31. The van der Waals surface area contributed by atoms with Gasteiger partial charge < -0.3 is 19.5 Å². The molecule has 0 saturated carbocycles. The topological polar surface area (TPSA) is 89.0 Å². The molecule has 1 aromatic heterocycles. The van der Waals surface area contributed by atoms with Gasteiger partial charge in [-0.15, -0.1) is 0 Å². The van der Waals surface area contributed by atoms with Gasteiger partial charge in [0.15, 0.2) is 0 Å². The van der Waals surface area contributed by atoms with Crippen LogP contribution in [0.25, 0.3) is 0 Å². The predicted molar refractivity (Wildman–Crippen MR) is 92.9 cm³/mol. The molecule has 3 rings (SSSR count). The number of ether oxygens (including phenoxy) is 2. The second-order valence-electron chi connectivity index (χ2n) is 5.98. The minimum absolute atomic E-state index is 0.141. The molecule has 0 unspecified atom stereocenters. The van der Waals surface area contributed by atoms with Crippen LogP contribution in [-0.4, -0.2) is 52.7 Å². The summed E-state index contributed by atoms with van der Waals surface area (Å²) in [5, 5.41) is 9.00. The SMILES string of the molecule is O=C(O)C[C@H]1COCCN1C(=O)c1ccc(OCc2ccccc2)nc1. The van der Waals surface area contributed by atoms with Crippen LogP contribution < -0.4 is 4.74 Å². The highest BCUT2D eigenvalue weighted by atomic mass is 16.5. The molecule has 0 radical (unpaired) electrons. The van der Waals surface area contributed by atoms with Gasteiger partial charge in [-0.3, -0.25) is 9.59 Å². The highest BCUT2D eigenvalue weighted by Gasteiger charge is 2.29. The fraction of sp³-hybridized carbons (Fsp3) is 0.316. The van der Waals surface area contributed by atoms with E-state index in [1.165, 1.54) is 6.20 Å². The minimum atomic E-state index is -0.957. The van der Waals surface area contributed by atoms with Crippen molar-refractivity contribution < 1.29 is 24.2 Å². The maximum absolute atomic E-state index is 12.7. The number of aromatic nitrogens is 1. The zero-order chi connectivity index (χ0) is 18.4. The van der Waals surface area contributed by atoms with Gasteiger partial charge in [0.2, 0.25) is 5.88 Å². The summed E-state index contributed by atoms with van der Waals surface area (Å²) in [4.78, 5) is 29.4. The third-order valence-electron chi connectivity index (χ3n) is 4.11. The Labute approximate surface area is 151 Å². The fourth-order valence-electron chi connectivity index (χ4n) is 2.78. The molecule has 2 aromatic rings. The second-order valence-corrected chi connectivity index (χ2v) is 5.98. The Morgan fingerprint density at radius 2 is 2.04 bits per heavy atom. The van der Waals surface area contributed by atoms with Gasteiger partial charge in [0.05, 0.1) is 31.2 Å². The summed E-state index contributed by atoms with van der Waals surface area (Å²) in [5.74, 6) is -0.780. The van der Waals surface area contributed by atoms with E-state index < -0.39 is 12.0 Å². The van der Waals surface area contributed by atoms with Gasteiger partial charge in [0, 0.05) is 18.8 Å². The van der Waals surface area contributed by atoms with E-state index in [9.17, 15) is 9.59 Å².